The fraction of sp³-hybridized carbons (Fsp3) is 0.467. The molecule has 0 saturated heterocycles. The molecule has 6 heteroatoms. The van der Waals surface area contributed by atoms with Crippen molar-refractivity contribution in [2.75, 3.05) is 6.54 Å². The number of carboxylic acids is 1. The van der Waals surface area contributed by atoms with Crippen LogP contribution >= 0.6 is 11.6 Å². The van der Waals surface area contributed by atoms with Crippen molar-refractivity contribution in [2.45, 2.75) is 39.3 Å². The molecule has 0 aromatic heterocycles. The molecular formula is C15H21ClN2O3. The van der Waals surface area contributed by atoms with Gasteiger partial charge in [-0.15, -0.1) is 0 Å². The number of benzene rings is 1. The summed E-state index contributed by atoms with van der Waals surface area (Å²) >= 11 is 5.94. The summed E-state index contributed by atoms with van der Waals surface area (Å²) in [5, 5.41) is 12.0. The topological polar surface area (TPSA) is 69.6 Å². The maximum absolute atomic E-state index is 12.2. The van der Waals surface area contributed by atoms with Crippen molar-refractivity contribution in [1.82, 2.24) is 10.2 Å². The number of halogens is 1. The van der Waals surface area contributed by atoms with Gasteiger partial charge in [0.05, 0.1) is 0 Å². The molecule has 1 aromatic carbocycles. The largest absolute Gasteiger partial charge is 0.480 e. The molecule has 0 spiro atoms. The van der Waals surface area contributed by atoms with Crippen LogP contribution in [-0.4, -0.2) is 34.6 Å². The number of aliphatic carboxylic acids is 1. The molecule has 1 aromatic rings. The summed E-state index contributed by atoms with van der Waals surface area (Å²) in [4.78, 5) is 24.6. The maximum atomic E-state index is 12.2. The van der Waals surface area contributed by atoms with E-state index in [4.69, 9.17) is 16.7 Å². The van der Waals surface area contributed by atoms with E-state index in [1.165, 1.54) is 6.92 Å². The number of hydrogen-bond donors (Lipinski definition) is 2. The first kappa shape index (κ1) is 17.3. The quantitative estimate of drug-likeness (QED) is 0.812. The normalized spacial score (nSPS) is 11.8. The van der Waals surface area contributed by atoms with E-state index in [0.717, 1.165) is 18.4 Å². The van der Waals surface area contributed by atoms with Crippen LogP contribution in [0.25, 0.3) is 0 Å². The summed E-state index contributed by atoms with van der Waals surface area (Å²) in [5.41, 5.74) is 0.914. The highest BCUT2D eigenvalue weighted by atomic mass is 35.5. The van der Waals surface area contributed by atoms with Crippen molar-refractivity contribution in [3.63, 3.8) is 0 Å². The first-order chi connectivity index (χ1) is 9.93. The number of unbranched alkanes of at least 4 members (excludes halogenated alkanes) is 1. The highest BCUT2D eigenvalue weighted by Gasteiger charge is 2.19. The highest BCUT2D eigenvalue weighted by molar-refractivity contribution is 6.30. The molecule has 0 heterocycles. The lowest BCUT2D eigenvalue weighted by Gasteiger charge is -2.24. The van der Waals surface area contributed by atoms with Gasteiger partial charge < -0.3 is 15.3 Å². The number of carbonyl (C=O) groups is 2. The molecule has 0 fully saturated rings. The van der Waals surface area contributed by atoms with Crippen LogP contribution in [0.5, 0.6) is 0 Å². The summed E-state index contributed by atoms with van der Waals surface area (Å²) < 4.78 is 0. The minimum absolute atomic E-state index is 0.377. The Morgan fingerprint density at radius 2 is 2.14 bits per heavy atom. The van der Waals surface area contributed by atoms with E-state index in [2.05, 4.69) is 5.32 Å². The van der Waals surface area contributed by atoms with E-state index in [1.807, 2.05) is 19.1 Å². The molecule has 0 aliphatic rings. The van der Waals surface area contributed by atoms with Gasteiger partial charge in [-0.1, -0.05) is 37.1 Å². The van der Waals surface area contributed by atoms with Crippen LogP contribution in [0.4, 0.5) is 4.79 Å². The molecule has 5 nitrogen and oxygen atoms in total. The first-order valence-electron chi connectivity index (χ1n) is 6.96. The number of carbonyl (C=O) groups excluding carboxylic acids is 1. The molecular weight excluding hydrogens is 292 g/mol. The minimum atomic E-state index is -1.05. The van der Waals surface area contributed by atoms with Crippen LogP contribution in [0.1, 0.15) is 32.3 Å². The molecule has 0 saturated carbocycles. The lowest BCUT2D eigenvalue weighted by atomic mass is 10.2. The number of nitrogens with zero attached hydrogens (tertiary/aromatic N) is 1. The predicted molar refractivity (Wildman–Crippen MR) is 82.4 cm³/mol. The Hall–Kier alpha value is -1.75. The molecule has 2 N–H and O–H groups in total. The number of urea groups is 1. The molecule has 1 atom stereocenters. The second-order valence-corrected chi connectivity index (χ2v) is 5.35. The van der Waals surface area contributed by atoms with Gasteiger partial charge in [-0.05, 0) is 31.0 Å². The Labute approximate surface area is 129 Å². The van der Waals surface area contributed by atoms with Gasteiger partial charge in [0.25, 0.3) is 0 Å². The molecule has 0 aliphatic carbocycles. The van der Waals surface area contributed by atoms with E-state index in [-0.39, 0.29) is 6.03 Å². The van der Waals surface area contributed by atoms with Crippen LogP contribution in [0.15, 0.2) is 24.3 Å². The molecule has 1 rings (SSSR count). The third kappa shape index (κ3) is 6.04. The van der Waals surface area contributed by atoms with E-state index in [0.29, 0.717) is 18.1 Å². The summed E-state index contributed by atoms with van der Waals surface area (Å²) in [7, 11) is 0. The Morgan fingerprint density at radius 1 is 1.43 bits per heavy atom. The summed E-state index contributed by atoms with van der Waals surface area (Å²) in [6, 6.07) is 5.99. The standard InChI is InChI=1S/C15H21ClN2O3/c1-3-4-8-18(15(21)17-11(2)14(19)20)10-12-6-5-7-13(16)9-12/h5-7,9,11H,3-4,8,10H2,1-2H3,(H,17,21)(H,19,20). The van der Waals surface area contributed by atoms with Crippen LogP contribution < -0.4 is 5.32 Å². The second-order valence-electron chi connectivity index (χ2n) is 4.91. The van der Waals surface area contributed by atoms with Gasteiger partial charge in [-0.2, -0.15) is 0 Å². The average Bonchev–Trinajstić information content (AvgIpc) is 2.43. The Kier molecular flexibility index (Phi) is 7.02. The monoisotopic (exact) mass is 312 g/mol. The lowest BCUT2D eigenvalue weighted by Crippen LogP contribution is -2.46. The second kappa shape index (κ2) is 8.52. The molecule has 0 radical (unpaired) electrons. The van der Waals surface area contributed by atoms with Gasteiger partial charge >= 0.3 is 12.0 Å². The van der Waals surface area contributed by atoms with Crippen LogP contribution in [-0.2, 0) is 11.3 Å². The summed E-state index contributed by atoms with van der Waals surface area (Å²) in [6.45, 7) is 4.45. The smallest absolute Gasteiger partial charge is 0.325 e. The number of carboxylic acid groups (broad SMARTS) is 1. The van der Waals surface area contributed by atoms with E-state index in [1.54, 1.807) is 17.0 Å². The van der Waals surface area contributed by atoms with Crippen molar-refractivity contribution < 1.29 is 14.7 Å². The van der Waals surface area contributed by atoms with Gasteiger partial charge in [0.15, 0.2) is 0 Å². The van der Waals surface area contributed by atoms with Gasteiger partial charge in [-0.3, -0.25) is 4.79 Å². The zero-order valence-corrected chi connectivity index (χ0v) is 13.1. The van der Waals surface area contributed by atoms with Gasteiger partial charge in [0, 0.05) is 18.1 Å². The van der Waals surface area contributed by atoms with Crippen molar-refractivity contribution >= 4 is 23.6 Å². The molecule has 1 unspecified atom stereocenters. The molecule has 0 aliphatic heterocycles. The Bertz CT molecular complexity index is 494. The van der Waals surface area contributed by atoms with Crippen LogP contribution in [0.3, 0.4) is 0 Å². The SMILES string of the molecule is CCCCN(Cc1cccc(Cl)c1)C(=O)NC(C)C(=O)O. The third-order valence-corrected chi connectivity index (χ3v) is 3.28. The van der Waals surface area contributed by atoms with Crippen molar-refractivity contribution in [3.05, 3.63) is 34.9 Å². The number of rotatable bonds is 7. The highest BCUT2D eigenvalue weighted by Crippen LogP contribution is 2.13. The zero-order valence-electron chi connectivity index (χ0n) is 12.3. The predicted octanol–water partition coefficient (Wildman–Crippen LogP) is 3.12. The van der Waals surface area contributed by atoms with E-state index >= 15 is 0 Å². The average molecular weight is 313 g/mol. The molecule has 2 amide bonds. The maximum Gasteiger partial charge on any atom is 0.325 e. The lowest BCUT2D eigenvalue weighted by molar-refractivity contribution is -0.138. The van der Waals surface area contributed by atoms with Crippen molar-refractivity contribution in [1.29, 1.82) is 0 Å². The molecule has 116 valence electrons. The van der Waals surface area contributed by atoms with Gasteiger partial charge in [-0.25, -0.2) is 4.79 Å². The Morgan fingerprint density at radius 3 is 2.71 bits per heavy atom. The number of nitrogens with one attached hydrogen (secondary N) is 1. The minimum Gasteiger partial charge on any atom is -0.480 e. The number of hydrogen-bond acceptors (Lipinski definition) is 2. The molecule has 0 bridgehead atoms. The van der Waals surface area contributed by atoms with Crippen LogP contribution in [0.2, 0.25) is 5.02 Å². The number of amides is 2. The van der Waals surface area contributed by atoms with Crippen molar-refractivity contribution in [2.24, 2.45) is 0 Å². The van der Waals surface area contributed by atoms with Crippen LogP contribution in [0, 0.1) is 0 Å². The Balaban J connectivity index is 2.74. The van der Waals surface area contributed by atoms with E-state index in [9.17, 15) is 9.59 Å². The van der Waals surface area contributed by atoms with Gasteiger partial charge in [0.1, 0.15) is 6.04 Å². The fourth-order valence-electron chi connectivity index (χ4n) is 1.80. The zero-order chi connectivity index (χ0) is 15.8. The molecule has 21 heavy (non-hydrogen) atoms. The summed E-state index contributed by atoms with van der Waals surface area (Å²) in [5.74, 6) is -1.05. The fourth-order valence-corrected chi connectivity index (χ4v) is 2.01. The first-order valence-corrected chi connectivity index (χ1v) is 7.34. The van der Waals surface area contributed by atoms with Gasteiger partial charge in [0.2, 0.25) is 0 Å². The van der Waals surface area contributed by atoms with E-state index < -0.39 is 12.0 Å². The van der Waals surface area contributed by atoms with Crippen molar-refractivity contribution in [3.8, 4) is 0 Å². The summed E-state index contributed by atoms with van der Waals surface area (Å²) in [6.07, 6.45) is 1.81. The third-order valence-electron chi connectivity index (χ3n) is 3.04.